The molecule has 0 atom stereocenters. The molecule has 0 spiro atoms. The Hall–Kier alpha value is -1.23. The minimum absolute atomic E-state index is 0.317. The molecule has 2 rings (SSSR count). The number of thioether (sulfide) groups is 1. The fraction of sp³-hybridized carbons (Fsp3) is 0.300. The van der Waals surface area contributed by atoms with Crippen molar-refractivity contribution >= 4 is 28.7 Å². The molecule has 0 saturated carbocycles. The Bertz CT molecular complexity index is 481. The van der Waals surface area contributed by atoms with Gasteiger partial charge < -0.3 is 10.3 Å². The fourth-order valence-corrected chi connectivity index (χ4v) is 1.91. The lowest BCUT2D eigenvalue weighted by Crippen LogP contribution is -2.04. The van der Waals surface area contributed by atoms with Crippen molar-refractivity contribution in [2.45, 2.75) is 6.54 Å². The van der Waals surface area contributed by atoms with Gasteiger partial charge in [0, 0.05) is 12.3 Å². The molecule has 0 amide bonds. The molecule has 0 aliphatic rings. The summed E-state index contributed by atoms with van der Waals surface area (Å²) in [6.45, 7) is 0.757. The van der Waals surface area contributed by atoms with Crippen LogP contribution in [0.5, 0.6) is 0 Å². The molecule has 0 aliphatic carbocycles. The second-order valence-corrected chi connectivity index (χ2v) is 4.21. The van der Waals surface area contributed by atoms with Crippen molar-refractivity contribution in [3.8, 4) is 0 Å². The quantitative estimate of drug-likeness (QED) is 0.870. The number of nitrogen functional groups attached to an aromatic ring is 1. The van der Waals surface area contributed by atoms with Crippen LogP contribution in [0.15, 0.2) is 18.2 Å². The second-order valence-electron chi connectivity index (χ2n) is 3.22. The van der Waals surface area contributed by atoms with Gasteiger partial charge in [-0.2, -0.15) is 11.8 Å². The lowest BCUT2D eigenvalue weighted by Gasteiger charge is -2.04. The molecule has 0 unspecified atom stereocenters. The first-order valence-electron chi connectivity index (χ1n) is 4.63. The van der Waals surface area contributed by atoms with Crippen LogP contribution in [-0.2, 0) is 6.54 Å². The van der Waals surface area contributed by atoms with Crippen molar-refractivity contribution in [1.82, 2.24) is 9.55 Å². The number of aryl methyl sites for hydroxylation is 1. The maximum Gasteiger partial charge on any atom is 0.201 e. The molecule has 2 N–H and O–H groups in total. The number of rotatable bonds is 3. The molecule has 0 saturated heterocycles. The number of nitrogens with zero attached hydrogens (tertiary/aromatic N) is 2. The Morgan fingerprint density at radius 2 is 2.33 bits per heavy atom. The van der Waals surface area contributed by atoms with Crippen LogP contribution in [0.4, 0.5) is 10.3 Å². The highest BCUT2D eigenvalue weighted by atomic mass is 32.2. The Balaban J connectivity index is 2.53. The first kappa shape index (κ1) is 10.3. The number of hydrogen-bond acceptors (Lipinski definition) is 3. The third kappa shape index (κ3) is 1.79. The molecular formula is C10H12FN3S. The topological polar surface area (TPSA) is 43.8 Å². The van der Waals surface area contributed by atoms with E-state index < -0.39 is 0 Å². The Morgan fingerprint density at radius 1 is 1.53 bits per heavy atom. The van der Waals surface area contributed by atoms with E-state index in [0.717, 1.165) is 17.8 Å². The van der Waals surface area contributed by atoms with Crippen LogP contribution < -0.4 is 5.73 Å². The summed E-state index contributed by atoms with van der Waals surface area (Å²) < 4.78 is 15.2. The van der Waals surface area contributed by atoms with Crippen molar-refractivity contribution in [2.75, 3.05) is 17.7 Å². The minimum atomic E-state index is -0.317. The normalized spacial score (nSPS) is 11.1. The molecule has 15 heavy (non-hydrogen) atoms. The van der Waals surface area contributed by atoms with Gasteiger partial charge in [0.15, 0.2) is 5.82 Å². The highest BCUT2D eigenvalue weighted by Gasteiger charge is 2.10. The molecule has 1 aromatic heterocycles. The molecule has 0 aliphatic heterocycles. The zero-order valence-electron chi connectivity index (χ0n) is 8.40. The zero-order chi connectivity index (χ0) is 10.8. The summed E-state index contributed by atoms with van der Waals surface area (Å²) in [7, 11) is 0. The van der Waals surface area contributed by atoms with E-state index in [1.54, 1.807) is 17.8 Å². The first-order valence-corrected chi connectivity index (χ1v) is 6.02. The summed E-state index contributed by atoms with van der Waals surface area (Å²) >= 11 is 1.72. The fourth-order valence-electron chi connectivity index (χ4n) is 1.55. The van der Waals surface area contributed by atoms with Gasteiger partial charge in [-0.1, -0.05) is 6.07 Å². The summed E-state index contributed by atoms with van der Waals surface area (Å²) in [6.07, 6.45) is 2.02. The predicted octanol–water partition coefficient (Wildman–Crippen LogP) is 2.12. The largest absolute Gasteiger partial charge is 0.369 e. The number of hydrogen-bond donors (Lipinski definition) is 1. The molecule has 80 valence electrons. The molecule has 1 aromatic carbocycles. The third-order valence-electron chi connectivity index (χ3n) is 2.28. The highest BCUT2D eigenvalue weighted by molar-refractivity contribution is 7.98. The van der Waals surface area contributed by atoms with Crippen molar-refractivity contribution in [1.29, 1.82) is 0 Å². The number of imidazole rings is 1. The molecule has 3 nitrogen and oxygen atoms in total. The number of nitrogens with two attached hydrogens (primary N) is 1. The Labute approximate surface area is 91.5 Å². The predicted molar refractivity (Wildman–Crippen MR) is 62.5 cm³/mol. The van der Waals surface area contributed by atoms with Crippen LogP contribution in [0.25, 0.3) is 11.0 Å². The van der Waals surface area contributed by atoms with Crippen LogP contribution in [0.3, 0.4) is 0 Å². The van der Waals surface area contributed by atoms with Crippen molar-refractivity contribution in [3.63, 3.8) is 0 Å². The standard InChI is InChI=1S/C10H12FN3S/c1-15-6-5-14-8-4-2-3-7(11)9(8)13-10(14)12/h2-4H,5-6H2,1H3,(H2,12,13). The van der Waals surface area contributed by atoms with Gasteiger partial charge in [0.2, 0.25) is 5.95 Å². The Morgan fingerprint density at radius 3 is 3.07 bits per heavy atom. The van der Waals surface area contributed by atoms with Crippen LogP contribution in [0, 0.1) is 5.82 Å². The average molecular weight is 225 g/mol. The molecule has 0 fully saturated rings. The first-order chi connectivity index (χ1) is 7.24. The number of benzene rings is 1. The third-order valence-corrected chi connectivity index (χ3v) is 2.87. The second kappa shape index (κ2) is 4.10. The summed E-state index contributed by atoms with van der Waals surface area (Å²) in [6, 6.07) is 4.91. The van der Waals surface area contributed by atoms with Gasteiger partial charge in [0.1, 0.15) is 5.52 Å². The van der Waals surface area contributed by atoms with Gasteiger partial charge >= 0.3 is 0 Å². The number of halogens is 1. The molecule has 0 bridgehead atoms. The van der Waals surface area contributed by atoms with Gasteiger partial charge in [-0.3, -0.25) is 0 Å². The minimum Gasteiger partial charge on any atom is -0.369 e. The van der Waals surface area contributed by atoms with Gasteiger partial charge in [0.05, 0.1) is 5.52 Å². The maximum atomic E-state index is 13.4. The molecule has 5 heteroatoms. The lowest BCUT2D eigenvalue weighted by atomic mass is 10.3. The lowest BCUT2D eigenvalue weighted by molar-refractivity contribution is 0.637. The van der Waals surface area contributed by atoms with Crippen LogP contribution >= 0.6 is 11.8 Å². The average Bonchev–Trinajstić information content (AvgIpc) is 2.54. The van der Waals surface area contributed by atoms with Gasteiger partial charge in [-0.25, -0.2) is 9.37 Å². The molecule has 2 aromatic rings. The van der Waals surface area contributed by atoms with Gasteiger partial charge in [-0.05, 0) is 18.4 Å². The SMILES string of the molecule is CSCCn1c(N)nc2c(F)cccc21. The molecule has 0 radical (unpaired) electrons. The van der Waals surface area contributed by atoms with Crippen LogP contribution in [0.1, 0.15) is 0 Å². The monoisotopic (exact) mass is 225 g/mol. The van der Waals surface area contributed by atoms with E-state index in [-0.39, 0.29) is 5.82 Å². The van der Waals surface area contributed by atoms with E-state index in [1.807, 2.05) is 16.9 Å². The maximum absolute atomic E-state index is 13.4. The van der Waals surface area contributed by atoms with E-state index >= 15 is 0 Å². The number of aromatic nitrogens is 2. The summed E-state index contributed by atoms with van der Waals surface area (Å²) in [5.41, 5.74) is 6.86. The molecular weight excluding hydrogens is 213 g/mol. The van der Waals surface area contributed by atoms with E-state index in [2.05, 4.69) is 4.98 Å². The van der Waals surface area contributed by atoms with Crippen molar-refractivity contribution < 1.29 is 4.39 Å². The number of anilines is 1. The highest BCUT2D eigenvalue weighted by Crippen LogP contribution is 2.20. The summed E-state index contributed by atoms with van der Waals surface area (Å²) in [5.74, 6) is 0.998. The smallest absolute Gasteiger partial charge is 0.201 e. The van der Waals surface area contributed by atoms with E-state index in [1.165, 1.54) is 6.07 Å². The zero-order valence-corrected chi connectivity index (χ0v) is 9.22. The summed E-state index contributed by atoms with van der Waals surface area (Å²) in [4.78, 5) is 4.02. The van der Waals surface area contributed by atoms with E-state index in [9.17, 15) is 4.39 Å². The Kier molecular flexibility index (Phi) is 2.81. The van der Waals surface area contributed by atoms with Crippen molar-refractivity contribution in [3.05, 3.63) is 24.0 Å². The number of para-hydroxylation sites is 1. The van der Waals surface area contributed by atoms with Crippen LogP contribution in [0.2, 0.25) is 0 Å². The van der Waals surface area contributed by atoms with E-state index in [0.29, 0.717) is 11.5 Å². The van der Waals surface area contributed by atoms with Gasteiger partial charge in [-0.15, -0.1) is 0 Å². The summed E-state index contributed by atoms with van der Waals surface area (Å²) in [5, 5.41) is 0. The molecule has 1 heterocycles. The van der Waals surface area contributed by atoms with Crippen molar-refractivity contribution in [2.24, 2.45) is 0 Å². The van der Waals surface area contributed by atoms with E-state index in [4.69, 9.17) is 5.73 Å². The number of fused-ring (bicyclic) bond motifs is 1. The van der Waals surface area contributed by atoms with Crippen LogP contribution in [-0.4, -0.2) is 21.6 Å². The van der Waals surface area contributed by atoms with Gasteiger partial charge in [0.25, 0.3) is 0 Å².